The molecular formula is C20H25N. The molecule has 21 heavy (non-hydrogen) atoms. The fourth-order valence-electron chi connectivity index (χ4n) is 3.63. The van der Waals surface area contributed by atoms with Gasteiger partial charge in [-0.1, -0.05) is 52.3 Å². The second-order valence-electron chi connectivity index (χ2n) is 7.60. The largest absolute Gasteiger partial charge is 0.256 e. The maximum Gasteiger partial charge on any atom is 0.0702 e. The molecule has 1 nitrogen and oxygen atoms in total. The van der Waals surface area contributed by atoms with Gasteiger partial charge in [0.05, 0.1) is 5.69 Å². The lowest BCUT2D eigenvalue weighted by atomic mass is 9.74. The van der Waals surface area contributed by atoms with Gasteiger partial charge in [0, 0.05) is 11.8 Å². The molecule has 1 aliphatic rings. The first-order valence-corrected chi connectivity index (χ1v) is 7.97. The van der Waals surface area contributed by atoms with Gasteiger partial charge in [-0.3, -0.25) is 4.98 Å². The van der Waals surface area contributed by atoms with E-state index < -0.39 is 0 Å². The monoisotopic (exact) mass is 279 g/mol. The number of pyridine rings is 1. The number of aromatic nitrogens is 1. The summed E-state index contributed by atoms with van der Waals surface area (Å²) in [6.45, 7) is 9.53. The number of benzene rings is 1. The third-order valence-electron chi connectivity index (χ3n) is 5.04. The van der Waals surface area contributed by atoms with Gasteiger partial charge in [-0.15, -0.1) is 0 Å². The molecule has 3 rings (SSSR count). The van der Waals surface area contributed by atoms with Gasteiger partial charge in [-0.25, -0.2) is 0 Å². The molecule has 0 bridgehead atoms. The van der Waals surface area contributed by atoms with E-state index in [9.17, 15) is 0 Å². The van der Waals surface area contributed by atoms with Crippen LogP contribution in [0.5, 0.6) is 0 Å². The van der Waals surface area contributed by atoms with Crippen molar-refractivity contribution in [1.29, 1.82) is 0 Å². The number of nitrogens with zero attached hydrogens (tertiary/aromatic N) is 1. The molecule has 0 spiro atoms. The molecule has 1 aliphatic carbocycles. The Morgan fingerprint density at radius 3 is 2.24 bits per heavy atom. The molecule has 1 aromatic heterocycles. The number of hydrogen-bond acceptors (Lipinski definition) is 1. The highest BCUT2D eigenvalue weighted by molar-refractivity contribution is 5.62. The molecule has 0 radical (unpaired) electrons. The quantitative estimate of drug-likeness (QED) is 0.629. The molecule has 0 saturated heterocycles. The SMILES string of the molecule is CC1(C)CCCC(C)(C)c2cc(-c3ccccn3)ccc21. The van der Waals surface area contributed by atoms with Crippen molar-refractivity contribution in [3.63, 3.8) is 0 Å². The van der Waals surface area contributed by atoms with Crippen molar-refractivity contribution in [2.24, 2.45) is 0 Å². The smallest absolute Gasteiger partial charge is 0.0702 e. The summed E-state index contributed by atoms with van der Waals surface area (Å²) in [4.78, 5) is 4.51. The van der Waals surface area contributed by atoms with Crippen LogP contribution in [0.2, 0.25) is 0 Å². The summed E-state index contributed by atoms with van der Waals surface area (Å²) in [6, 6.07) is 13.1. The van der Waals surface area contributed by atoms with E-state index in [0.717, 1.165) is 5.69 Å². The molecule has 0 N–H and O–H groups in total. The Morgan fingerprint density at radius 2 is 1.57 bits per heavy atom. The van der Waals surface area contributed by atoms with E-state index in [1.807, 2.05) is 12.3 Å². The lowest BCUT2D eigenvalue weighted by Crippen LogP contribution is -2.22. The van der Waals surface area contributed by atoms with E-state index in [1.54, 1.807) is 0 Å². The van der Waals surface area contributed by atoms with Crippen LogP contribution in [-0.4, -0.2) is 4.98 Å². The Kier molecular flexibility index (Phi) is 3.39. The fraction of sp³-hybridized carbons (Fsp3) is 0.450. The molecule has 0 unspecified atom stereocenters. The first-order valence-electron chi connectivity index (χ1n) is 7.97. The normalized spacial score (nSPS) is 19.6. The van der Waals surface area contributed by atoms with Crippen molar-refractivity contribution in [2.45, 2.75) is 57.8 Å². The van der Waals surface area contributed by atoms with Gasteiger partial charge < -0.3 is 0 Å². The third-order valence-corrected chi connectivity index (χ3v) is 5.04. The van der Waals surface area contributed by atoms with Gasteiger partial charge in [-0.2, -0.15) is 0 Å². The summed E-state index contributed by atoms with van der Waals surface area (Å²) in [5.74, 6) is 0. The summed E-state index contributed by atoms with van der Waals surface area (Å²) < 4.78 is 0. The van der Waals surface area contributed by atoms with Crippen molar-refractivity contribution in [3.8, 4) is 11.3 Å². The van der Waals surface area contributed by atoms with E-state index in [0.29, 0.717) is 0 Å². The maximum absolute atomic E-state index is 4.51. The Hall–Kier alpha value is -1.63. The van der Waals surface area contributed by atoms with Crippen LogP contribution >= 0.6 is 0 Å². The van der Waals surface area contributed by atoms with Crippen LogP contribution in [0.15, 0.2) is 42.6 Å². The molecule has 110 valence electrons. The highest BCUT2D eigenvalue weighted by Crippen LogP contribution is 2.44. The fourth-order valence-corrected chi connectivity index (χ4v) is 3.63. The summed E-state index contributed by atoms with van der Waals surface area (Å²) in [7, 11) is 0. The van der Waals surface area contributed by atoms with Crippen LogP contribution in [0, 0.1) is 0 Å². The number of rotatable bonds is 1. The van der Waals surface area contributed by atoms with Crippen molar-refractivity contribution >= 4 is 0 Å². The van der Waals surface area contributed by atoms with E-state index in [2.05, 4.69) is 63.0 Å². The molecular weight excluding hydrogens is 254 g/mol. The standard InChI is InChI=1S/C20H25N/c1-19(2)11-7-12-20(3,4)17-14-15(9-10-16(17)19)18-8-5-6-13-21-18/h5-6,8-10,13-14H,7,11-12H2,1-4H3. The highest BCUT2D eigenvalue weighted by atomic mass is 14.7. The lowest BCUT2D eigenvalue weighted by molar-refractivity contribution is 0.433. The van der Waals surface area contributed by atoms with Crippen molar-refractivity contribution in [3.05, 3.63) is 53.7 Å². The van der Waals surface area contributed by atoms with Crippen molar-refractivity contribution in [1.82, 2.24) is 4.98 Å². The molecule has 1 aromatic carbocycles. The van der Waals surface area contributed by atoms with Crippen molar-refractivity contribution in [2.75, 3.05) is 0 Å². The zero-order valence-corrected chi connectivity index (χ0v) is 13.6. The van der Waals surface area contributed by atoms with Gasteiger partial charge in [-0.05, 0) is 53.0 Å². The second-order valence-corrected chi connectivity index (χ2v) is 7.60. The van der Waals surface area contributed by atoms with Gasteiger partial charge in [0.1, 0.15) is 0 Å². The van der Waals surface area contributed by atoms with Crippen LogP contribution in [0.4, 0.5) is 0 Å². The van der Waals surface area contributed by atoms with E-state index in [1.165, 1.54) is 36.0 Å². The van der Waals surface area contributed by atoms with Crippen LogP contribution in [0.25, 0.3) is 11.3 Å². The average Bonchev–Trinajstić information content (AvgIpc) is 2.55. The highest BCUT2D eigenvalue weighted by Gasteiger charge is 2.34. The summed E-state index contributed by atoms with van der Waals surface area (Å²) >= 11 is 0. The molecule has 0 atom stereocenters. The van der Waals surface area contributed by atoms with E-state index in [-0.39, 0.29) is 10.8 Å². The van der Waals surface area contributed by atoms with Crippen molar-refractivity contribution < 1.29 is 0 Å². The van der Waals surface area contributed by atoms with Crippen LogP contribution in [0.3, 0.4) is 0 Å². The zero-order chi connectivity index (χ0) is 15.1. The first kappa shape index (κ1) is 14.3. The molecule has 0 amide bonds. The van der Waals surface area contributed by atoms with Gasteiger partial charge in [0.25, 0.3) is 0 Å². The molecule has 0 saturated carbocycles. The van der Waals surface area contributed by atoms with Crippen LogP contribution < -0.4 is 0 Å². The minimum Gasteiger partial charge on any atom is -0.256 e. The van der Waals surface area contributed by atoms with Crippen LogP contribution in [0.1, 0.15) is 58.1 Å². The van der Waals surface area contributed by atoms with Crippen LogP contribution in [-0.2, 0) is 10.8 Å². The van der Waals surface area contributed by atoms with Gasteiger partial charge in [0.2, 0.25) is 0 Å². The topological polar surface area (TPSA) is 12.9 Å². The molecule has 2 aromatic rings. The Bertz CT molecular complexity index is 638. The first-order chi connectivity index (χ1) is 9.90. The predicted molar refractivity (Wildman–Crippen MR) is 89.6 cm³/mol. The average molecular weight is 279 g/mol. The maximum atomic E-state index is 4.51. The van der Waals surface area contributed by atoms with Gasteiger partial charge >= 0.3 is 0 Å². The molecule has 1 heteroatoms. The minimum absolute atomic E-state index is 0.244. The van der Waals surface area contributed by atoms with Gasteiger partial charge in [0.15, 0.2) is 0 Å². The summed E-state index contributed by atoms with van der Waals surface area (Å²) in [5, 5.41) is 0. The Labute approximate surface area is 128 Å². The Morgan fingerprint density at radius 1 is 0.857 bits per heavy atom. The molecule has 0 aliphatic heterocycles. The zero-order valence-electron chi connectivity index (χ0n) is 13.6. The molecule has 1 heterocycles. The predicted octanol–water partition coefficient (Wildman–Crippen LogP) is 5.49. The lowest BCUT2D eigenvalue weighted by Gasteiger charge is -2.30. The third kappa shape index (κ3) is 2.62. The number of hydrogen-bond donors (Lipinski definition) is 0. The summed E-state index contributed by atoms with van der Waals surface area (Å²) in [6.07, 6.45) is 5.70. The number of fused-ring (bicyclic) bond motifs is 1. The minimum atomic E-state index is 0.244. The Balaban J connectivity index is 2.18. The second kappa shape index (κ2) is 4.98. The van der Waals surface area contributed by atoms with E-state index in [4.69, 9.17) is 0 Å². The van der Waals surface area contributed by atoms with E-state index >= 15 is 0 Å². The molecule has 0 fully saturated rings. The summed E-state index contributed by atoms with van der Waals surface area (Å²) in [5.41, 5.74) is 5.84.